The summed E-state index contributed by atoms with van der Waals surface area (Å²) >= 11 is 3.10. The zero-order valence-corrected chi connectivity index (χ0v) is 47.4. The van der Waals surface area contributed by atoms with E-state index >= 15 is 9.59 Å². The van der Waals surface area contributed by atoms with E-state index in [9.17, 15) is 19.2 Å². The van der Waals surface area contributed by atoms with Crippen molar-refractivity contribution in [2.45, 2.75) is 153 Å². The van der Waals surface area contributed by atoms with E-state index < -0.39 is 48.3 Å². The lowest BCUT2D eigenvalue weighted by molar-refractivity contribution is -0.139. The predicted octanol–water partition coefficient (Wildman–Crippen LogP) is 8.04. The smallest absolute Gasteiger partial charge is 0.251 e. The topological polar surface area (TPSA) is 207 Å². The summed E-state index contributed by atoms with van der Waals surface area (Å²) in [7, 11) is 3.45. The van der Waals surface area contributed by atoms with Crippen LogP contribution in [0, 0.1) is 25.7 Å². The molecule has 6 N–H and O–H groups in total. The van der Waals surface area contributed by atoms with Gasteiger partial charge in [0.15, 0.2) is 0 Å². The third-order valence-electron chi connectivity index (χ3n) is 16.6. The molecule has 4 fully saturated rings. The van der Waals surface area contributed by atoms with E-state index in [2.05, 4.69) is 31.9 Å². The van der Waals surface area contributed by atoms with Crippen molar-refractivity contribution in [1.82, 2.24) is 51.7 Å². The second-order valence-corrected chi connectivity index (χ2v) is 24.3. The van der Waals surface area contributed by atoms with Gasteiger partial charge in [-0.1, -0.05) is 99.2 Å². The van der Waals surface area contributed by atoms with E-state index in [1.807, 2.05) is 84.3 Å². The van der Waals surface area contributed by atoms with Crippen LogP contribution >= 0.6 is 22.7 Å². The Morgan fingerprint density at radius 2 is 0.885 bits per heavy atom. The molecule has 2 aliphatic heterocycles. The Labute approximate surface area is 466 Å². The van der Waals surface area contributed by atoms with Crippen LogP contribution in [0.4, 0.5) is 0 Å². The minimum atomic E-state index is -0.722. The summed E-state index contributed by atoms with van der Waals surface area (Å²) in [6.07, 6.45) is 10.4. The lowest BCUT2D eigenvalue weighted by Crippen LogP contribution is -2.56. The molecule has 18 heteroatoms. The van der Waals surface area contributed by atoms with E-state index in [0.29, 0.717) is 24.0 Å². The first-order valence-corrected chi connectivity index (χ1v) is 29.7. The van der Waals surface area contributed by atoms with Crippen LogP contribution in [0.15, 0.2) is 84.9 Å². The van der Waals surface area contributed by atoms with Crippen molar-refractivity contribution in [1.29, 1.82) is 0 Å². The van der Waals surface area contributed by atoms with Gasteiger partial charge in [-0.05, 0) is 116 Å². The Bertz CT molecular complexity index is 2710. The minimum Gasteiger partial charge on any atom is -0.347 e. The number of rotatable bonds is 18. The van der Waals surface area contributed by atoms with E-state index in [1.165, 1.54) is 0 Å². The molecule has 2 aromatic heterocycles. The molecular weight excluding hydrogens is 1020 g/mol. The molecule has 16 nitrogen and oxygen atoms in total. The number of nitrogens with zero attached hydrogens (tertiary/aromatic N) is 4. The average molecular weight is 1100 g/mol. The normalized spacial score (nSPS) is 21.6. The fraction of sp³-hybridized carbons (Fsp3) is 0.500. The molecule has 2 aliphatic carbocycles. The fourth-order valence-corrected chi connectivity index (χ4v) is 14.0. The SMILES string of the molecule is CN[C@@H](C)C(=O)N[C@H](C(=O)N1C[C@@H](NC(=O)c2ccc(C(=O)N[C@H]3C[C@@H](c4nc(-c5ccccc5)c(C)s4)N(C(=O)[C@@H](NC(=O)[C@H](C)NC)C4CCCCC4)C3)cc2)C[C@H]1c1nc(-c2ccccc2)c(C)s1)C1CCCCC1. The molecule has 78 heavy (non-hydrogen) atoms. The van der Waals surface area contributed by atoms with Gasteiger partial charge in [-0.25, -0.2) is 9.97 Å². The Balaban J connectivity index is 0.920. The second-order valence-electron chi connectivity index (χ2n) is 21.8. The zero-order chi connectivity index (χ0) is 55.0. The van der Waals surface area contributed by atoms with Gasteiger partial charge in [-0.15, -0.1) is 22.7 Å². The minimum absolute atomic E-state index is 0.0146. The Hall–Kier alpha value is -6.34. The van der Waals surface area contributed by atoms with Crippen LogP contribution in [-0.2, 0) is 19.2 Å². The highest BCUT2D eigenvalue weighted by atomic mass is 32.1. The Morgan fingerprint density at radius 3 is 1.23 bits per heavy atom. The van der Waals surface area contributed by atoms with Gasteiger partial charge in [0, 0.05) is 57.2 Å². The van der Waals surface area contributed by atoms with E-state index in [4.69, 9.17) is 9.97 Å². The fourth-order valence-electron chi connectivity index (χ4n) is 11.9. The quantitative estimate of drug-likeness (QED) is 0.0498. The standard InChI is InChI=1S/C60H76N10O6S2/c1-35(61-5)53(71)65-51(41-23-15-9-16-24-41)59(75)69-33-45(31-47(69)57-67-49(37(3)77-57)39-19-11-7-12-20-39)63-55(73)43-27-29-44(30-28-43)56(74)64-46-32-48(58-68-50(38(4)78-58)40-21-13-8-14-22-40)70(34-46)60(76)52(42-25-17-10-18-26-42)66-54(72)36(2)62-6/h7-8,11-14,19-22,27-30,35-36,41-42,45-48,51-52,61-62H,9-10,15-18,23-26,31-34H2,1-6H3,(H,63,73)(H,64,74)(H,65,71)(H,66,72)/t35-,36-,45-,46-,47-,48-,51-,52-/m0/s1. The third kappa shape index (κ3) is 12.9. The molecule has 8 atom stereocenters. The number of aromatic nitrogens is 2. The number of amides is 6. The Morgan fingerprint density at radius 1 is 0.526 bits per heavy atom. The summed E-state index contributed by atoms with van der Waals surface area (Å²) in [6, 6.07) is 22.3. The molecule has 4 aliphatic rings. The first-order chi connectivity index (χ1) is 37.7. The number of likely N-dealkylation sites (tertiary alicyclic amines) is 2. The van der Waals surface area contributed by atoms with Crippen LogP contribution < -0.4 is 31.9 Å². The van der Waals surface area contributed by atoms with Crippen molar-refractivity contribution < 1.29 is 28.8 Å². The number of benzene rings is 3. The molecule has 3 aromatic carbocycles. The van der Waals surface area contributed by atoms with Gasteiger partial charge >= 0.3 is 0 Å². The molecule has 9 rings (SSSR count). The van der Waals surface area contributed by atoms with Crippen LogP contribution in [0.25, 0.3) is 22.5 Å². The highest BCUT2D eigenvalue weighted by molar-refractivity contribution is 7.12. The number of aryl methyl sites for hydroxylation is 2. The van der Waals surface area contributed by atoms with Crippen molar-refractivity contribution in [3.8, 4) is 22.5 Å². The molecule has 0 bridgehead atoms. The summed E-state index contributed by atoms with van der Waals surface area (Å²) in [5.41, 5.74) is 4.39. The highest BCUT2D eigenvalue weighted by Gasteiger charge is 2.46. The number of hydrogen-bond donors (Lipinski definition) is 6. The molecule has 0 radical (unpaired) electrons. The molecule has 2 saturated heterocycles. The molecule has 414 valence electrons. The third-order valence-corrected chi connectivity index (χ3v) is 18.7. The highest BCUT2D eigenvalue weighted by Crippen LogP contribution is 2.42. The van der Waals surface area contributed by atoms with E-state index in [0.717, 1.165) is 106 Å². The maximum Gasteiger partial charge on any atom is 0.251 e. The number of carbonyl (C=O) groups is 6. The molecular formula is C60H76N10O6S2. The lowest BCUT2D eigenvalue weighted by Gasteiger charge is -2.35. The van der Waals surface area contributed by atoms with Gasteiger partial charge in [-0.3, -0.25) is 28.8 Å². The predicted molar refractivity (Wildman–Crippen MR) is 306 cm³/mol. The van der Waals surface area contributed by atoms with E-state index in [-0.39, 0.29) is 60.4 Å². The number of hydrogen-bond acceptors (Lipinski definition) is 12. The van der Waals surface area contributed by atoms with Gasteiger partial charge in [0.2, 0.25) is 23.6 Å². The number of thiazole rings is 2. The summed E-state index contributed by atoms with van der Waals surface area (Å²) in [5, 5.41) is 20.3. The largest absolute Gasteiger partial charge is 0.347 e. The second kappa shape index (κ2) is 25.6. The Kier molecular flexibility index (Phi) is 18.5. The van der Waals surface area contributed by atoms with Crippen LogP contribution in [0.5, 0.6) is 0 Å². The van der Waals surface area contributed by atoms with Crippen LogP contribution in [0.1, 0.15) is 143 Å². The molecule has 6 amide bonds. The molecule has 0 unspecified atom stereocenters. The molecule has 5 aromatic rings. The van der Waals surface area contributed by atoms with Crippen molar-refractivity contribution >= 4 is 58.1 Å². The van der Waals surface area contributed by atoms with Crippen LogP contribution in [0.3, 0.4) is 0 Å². The van der Waals surface area contributed by atoms with E-state index in [1.54, 1.807) is 74.9 Å². The molecule has 4 heterocycles. The van der Waals surface area contributed by atoms with Gasteiger partial charge < -0.3 is 41.7 Å². The average Bonchev–Trinajstić information content (AvgIpc) is 4.29. The molecule has 0 spiro atoms. The van der Waals surface area contributed by atoms with Crippen molar-refractivity contribution in [2.24, 2.45) is 11.8 Å². The number of likely N-dealkylation sites (N-methyl/N-ethyl adjacent to an activating group) is 2. The first kappa shape index (κ1) is 56.4. The van der Waals surface area contributed by atoms with Crippen LogP contribution in [-0.4, -0.2) is 119 Å². The van der Waals surface area contributed by atoms with Crippen molar-refractivity contribution in [3.05, 3.63) is 116 Å². The van der Waals surface area contributed by atoms with Crippen molar-refractivity contribution in [3.63, 3.8) is 0 Å². The maximum atomic E-state index is 15.0. The van der Waals surface area contributed by atoms with Crippen molar-refractivity contribution in [2.75, 3.05) is 27.2 Å². The lowest BCUT2D eigenvalue weighted by atomic mass is 9.83. The number of carbonyl (C=O) groups excluding carboxylic acids is 6. The maximum absolute atomic E-state index is 15.0. The summed E-state index contributed by atoms with van der Waals surface area (Å²) in [4.78, 5) is 101. The summed E-state index contributed by atoms with van der Waals surface area (Å²) in [6.45, 7) is 8.09. The number of nitrogens with one attached hydrogen (secondary N) is 6. The van der Waals surface area contributed by atoms with Gasteiger partial charge in [-0.2, -0.15) is 0 Å². The molecule has 2 saturated carbocycles. The van der Waals surface area contributed by atoms with Crippen LogP contribution in [0.2, 0.25) is 0 Å². The van der Waals surface area contributed by atoms with Gasteiger partial charge in [0.1, 0.15) is 22.1 Å². The zero-order valence-electron chi connectivity index (χ0n) is 45.8. The summed E-state index contributed by atoms with van der Waals surface area (Å²) < 4.78 is 0. The van der Waals surface area contributed by atoms with Gasteiger partial charge in [0.25, 0.3) is 11.8 Å². The first-order valence-electron chi connectivity index (χ1n) is 28.0. The summed E-state index contributed by atoms with van der Waals surface area (Å²) in [5.74, 6) is -1.51. The van der Waals surface area contributed by atoms with Gasteiger partial charge in [0.05, 0.1) is 35.6 Å². The monoisotopic (exact) mass is 1100 g/mol.